The van der Waals surface area contributed by atoms with E-state index in [2.05, 4.69) is 15.7 Å². The number of nitrogens with one attached hydrogen (secondary N) is 2. The summed E-state index contributed by atoms with van der Waals surface area (Å²) in [6.07, 6.45) is 0. The van der Waals surface area contributed by atoms with E-state index in [0.29, 0.717) is 36.9 Å². The summed E-state index contributed by atoms with van der Waals surface area (Å²) in [6.45, 7) is 3.21. The molecule has 2 N–H and O–H groups in total. The zero-order valence-corrected chi connectivity index (χ0v) is 19.0. The van der Waals surface area contributed by atoms with Gasteiger partial charge in [-0.1, -0.05) is 30.3 Å². The van der Waals surface area contributed by atoms with Gasteiger partial charge in [-0.25, -0.2) is 4.68 Å². The Balaban J connectivity index is 1.65. The van der Waals surface area contributed by atoms with E-state index in [0.717, 1.165) is 33.5 Å². The number of aromatic nitrogens is 2. The number of benzene rings is 2. The summed E-state index contributed by atoms with van der Waals surface area (Å²) < 4.78 is 12.3. The quantitative estimate of drug-likeness (QED) is 0.482. The molecule has 168 valence electrons. The molecule has 4 rings (SSSR count). The van der Waals surface area contributed by atoms with Gasteiger partial charge in [0.25, 0.3) is 5.91 Å². The Kier molecular flexibility index (Phi) is 6.96. The molecule has 0 saturated carbocycles. The van der Waals surface area contributed by atoms with Crippen molar-refractivity contribution in [2.75, 3.05) is 32.2 Å². The second-order valence-electron chi connectivity index (χ2n) is 7.31. The third-order valence-electron chi connectivity index (χ3n) is 5.19. The molecule has 2 amide bonds. The molecule has 8 nitrogen and oxygen atoms in total. The number of methoxy groups -OCH3 is 1. The topological polar surface area (TPSA) is 94.5 Å². The van der Waals surface area contributed by atoms with Gasteiger partial charge in [-0.15, -0.1) is 0 Å². The molecule has 9 heteroatoms. The monoisotopic (exact) mass is 454 g/mol. The first-order valence-electron chi connectivity index (χ1n) is 10.5. The summed E-state index contributed by atoms with van der Waals surface area (Å²) in [4.78, 5) is 25.9. The van der Waals surface area contributed by atoms with Crippen LogP contribution in [0.3, 0.4) is 0 Å². The van der Waals surface area contributed by atoms with Crippen molar-refractivity contribution in [3.63, 3.8) is 0 Å². The first-order valence-corrected chi connectivity index (χ1v) is 11.7. The van der Waals surface area contributed by atoms with Crippen LogP contribution in [0.2, 0.25) is 0 Å². The number of hydrogen-bond donors (Lipinski definition) is 2. The fourth-order valence-electron chi connectivity index (χ4n) is 3.74. The minimum atomic E-state index is -0.286. The van der Waals surface area contributed by atoms with E-state index >= 15 is 0 Å². The van der Waals surface area contributed by atoms with Crippen LogP contribution >= 0.6 is 11.8 Å². The summed E-state index contributed by atoms with van der Waals surface area (Å²) in [5.74, 6) is 2.11. The first kappa shape index (κ1) is 22.2. The lowest BCUT2D eigenvalue weighted by Gasteiger charge is -2.15. The smallest absolute Gasteiger partial charge is 0.261 e. The maximum atomic E-state index is 13.5. The number of rotatable bonds is 9. The van der Waals surface area contributed by atoms with E-state index in [1.54, 1.807) is 23.6 Å². The number of anilines is 1. The Bertz CT molecular complexity index is 1140. The van der Waals surface area contributed by atoms with Crippen LogP contribution in [0, 0.1) is 0 Å². The van der Waals surface area contributed by atoms with Gasteiger partial charge in [0.15, 0.2) is 0 Å². The molecule has 0 aliphatic carbocycles. The Labute approximate surface area is 190 Å². The number of amides is 2. The molecule has 0 saturated heterocycles. The zero-order valence-electron chi connectivity index (χ0n) is 18.1. The van der Waals surface area contributed by atoms with Crippen molar-refractivity contribution in [1.29, 1.82) is 0 Å². The third-order valence-corrected chi connectivity index (χ3v) is 6.16. The lowest BCUT2D eigenvalue weighted by Crippen LogP contribution is -2.31. The SMILES string of the molecule is CCOc1ccc2ccccc2c1C(=O)Nc1c2c(nn1CC(=O)NCCOC)CSC2. The molecule has 0 bridgehead atoms. The lowest BCUT2D eigenvalue weighted by atomic mass is 10.0. The van der Waals surface area contributed by atoms with Gasteiger partial charge < -0.3 is 20.1 Å². The molecule has 1 aliphatic heterocycles. The molecule has 0 unspecified atom stereocenters. The van der Waals surface area contributed by atoms with Gasteiger partial charge in [-0.05, 0) is 23.8 Å². The maximum absolute atomic E-state index is 13.5. The number of hydrogen-bond acceptors (Lipinski definition) is 6. The molecule has 3 aromatic rings. The van der Waals surface area contributed by atoms with E-state index in [1.165, 1.54) is 0 Å². The maximum Gasteiger partial charge on any atom is 0.261 e. The molecule has 32 heavy (non-hydrogen) atoms. The van der Waals surface area contributed by atoms with Gasteiger partial charge in [0.2, 0.25) is 5.91 Å². The van der Waals surface area contributed by atoms with Crippen LogP contribution in [-0.2, 0) is 27.6 Å². The minimum Gasteiger partial charge on any atom is -0.493 e. The van der Waals surface area contributed by atoms with Crippen molar-refractivity contribution in [3.8, 4) is 5.75 Å². The van der Waals surface area contributed by atoms with Gasteiger partial charge >= 0.3 is 0 Å². The molecular formula is C23H26N4O4S. The Morgan fingerprint density at radius 1 is 1.19 bits per heavy atom. The molecule has 2 aromatic carbocycles. The minimum absolute atomic E-state index is 0.0187. The van der Waals surface area contributed by atoms with Crippen molar-refractivity contribution in [2.24, 2.45) is 0 Å². The Hall–Kier alpha value is -3.04. The summed E-state index contributed by atoms with van der Waals surface area (Å²) in [7, 11) is 1.58. The van der Waals surface area contributed by atoms with Crippen molar-refractivity contribution >= 4 is 40.2 Å². The zero-order chi connectivity index (χ0) is 22.5. The average molecular weight is 455 g/mol. The van der Waals surface area contributed by atoms with Crippen LogP contribution in [0.1, 0.15) is 28.5 Å². The molecule has 0 spiro atoms. The Morgan fingerprint density at radius 3 is 2.84 bits per heavy atom. The lowest BCUT2D eigenvalue weighted by molar-refractivity contribution is -0.122. The van der Waals surface area contributed by atoms with E-state index < -0.39 is 0 Å². The number of thioether (sulfide) groups is 1. The predicted molar refractivity (Wildman–Crippen MR) is 125 cm³/mol. The number of ether oxygens (including phenoxy) is 2. The summed E-state index contributed by atoms with van der Waals surface area (Å²) in [5.41, 5.74) is 2.34. The van der Waals surface area contributed by atoms with Gasteiger partial charge in [0.1, 0.15) is 18.1 Å². The fraction of sp³-hybridized carbons (Fsp3) is 0.348. The van der Waals surface area contributed by atoms with Gasteiger partial charge in [0, 0.05) is 30.7 Å². The molecular weight excluding hydrogens is 428 g/mol. The summed E-state index contributed by atoms with van der Waals surface area (Å²) >= 11 is 1.74. The number of fused-ring (bicyclic) bond motifs is 2. The Morgan fingerprint density at radius 2 is 2.03 bits per heavy atom. The first-order chi connectivity index (χ1) is 15.6. The molecule has 0 atom stereocenters. The van der Waals surface area contributed by atoms with Crippen LogP contribution < -0.4 is 15.4 Å². The number of carbonyl (C=O) groups is 2. The van der Waals surface area contributed by atoms with Crippen LogP contribution in [0.5, 0.6) is 5.75 Å². The van der Waals surface area contributed by atoms with E-state index in [-0.39, 0.29) is 18.4 Å². The van der Waals surface area contributed by atoms with Crippen LogP contribution in [-0.4, -0.2) is 48.5 Å². The molecule has 0 radical (unpaired) electrons. The van der Waals surface area contributed by atoms with E-state index in [1.807, 2.05) is 43.3 Å². The van der Waals surface area contributed by atoms with E-state index in [4.69, 9.17) is 9.47 Å². The van der Waals surface area contributed by atoms with Crippen molar-refractivity contribution in [1.82, 2.24) is 15.1 Å². The van der Waals surface area contributed by atoms with Crippen LogP contribution in [0.15, 0.2) is 36.4 Å². The second kappa shape index (κ2) is 10.1. The van der Waals surface area contributed by atoms with Gasteiger partial charge in [-0.3, -0.25) is 9.59 Å². The van der Waals surface area contributed by atoms with Gasteiger partial charge in [0.05, 0.1) is 24.5 Å². The van der Waals surface area contributed by atoms with Crippen molar-refractivity contribution in [2.45, 2.75) is 25.0 Å². The van der Waals surface area contributed by atoms with Crippen LogP contribution in [0.25, 0.3) is 10.8 Å². The predicted octanol–water partition coefficient (Wildman–Crippen LogP) is 3.20. The highest BCUT2D eigenvalue weighted by Gasteiger charge is 2.26. The highest BCUT2D eigenvalue weighted by molar-refractivity contribution is 7.98. The number of nitrogens with zero attached hydrogens (tertiary/aromatic N) is 2. The van der Waals surface area contributed by atoms with Gasteiger partial charge in [-0.2, -0.15) is 16.9 Å². The van der Waals surface area contributed by atoms with Crippen LogP contribution in [0.4, 0.5) is 5.82 Å². The molecule has 1 aromatic heterocycles. The molecule has 0 fully saturated rings. The summed E-state index contributed by atoms with van der Waals surface area (Å²) in [5, 5.41) is 12.2. The molecule has 2 heterocycles. The number of carbonyl (C=O) groups excluding carboxylic acids is 2. The van der Waals surface area contributed by atoms with Crippen molar-refractivity contribution in [3.05, 3.63) is 53.2 Å². The van der Waals surface area contributed by atoms with E-state index in [9.17, 15) is 9.59 Å². The second-order valence-corrected chi connectivity index (χ2v) is 8.30. The molecule has 1 aliphatic rings. The largest absolute Gasteiger partial charge is 0.493 e. The average Bonchev–Trinajstić information content (AvgIpc) is 3.36. The third kappa shape index (κ3) is 4.58. The highest BCUT2D eigenvalue weighted by Crippen LogP contribution is 2.36. The van der Waals surface area contributed by atoms with Crippen molar-refractivity contribution < 1.29 is 19.1 Å². The summed E-state index contributed by atoms with van der Waals surface area (Å²) in [6, 6.07) is 11.5. The normalized spacial score (nSPS) is 12.6. The highest BCUT2D eigenvalue weighted by atomic mass is 32.2. The standard InChI is InChI=1S/C23H26N4O4S/c1-3-31-19-9-8-15-6-4-5-7-16(15)21(19)23(29)25-22-17-13-32-14-18(17)26-27(22)12-20(28)24-10-11-30-2/h4-9H,3,10-14H2,1-2H3,(H,24,28)(H,25,29). The fourth-order valence-corrected chi connectivity index (χ4v) is 4.77.